The lowest BCUT2D eigenvalue weighted by Crippen LogP contribution is -2.21. The molecule has 2 aromatic carbocycles. The summed E-state index contributed by atoms with van der Waals surface area (Å²) in [4.78, 5) is 13.7. The number of nitrogens with zero attached hydrogens (tertiary/aromatic N) is 4. The highest BCUT2D eigenvalue weighted by molar-refractivity contribution is 5.91. The molecular weight excluding hydrogens is 326 g/mol. The lowest BCUT2D eigenvalue weighted by molar-refractivity contribution is -0.117. The second-order valence-corrected chi connectivity index (χ2v) is 6.40. The van der Waals surface area contributed by atoms with Crippen molar-refractivity contribution < 1.29 is 4.79 Å². The van der Waals surface area contributed by atoms with Crippen LogP contribution >= 0.6 is 0 Å². The number of hydrogen-bond acceptors (Lipinski definition) is 4. The third kappa shape index (κ3) is 3.96. The standard InChI is InChI=1S/C20H23N5O/c1-4-14(2)16-10-7-8-12-18(16)21-19(26)13-25-23-20(22-24-25)17-11-6-5-9-15(17)3/h5-12,14H,4,13H2,1-3H3,(H,21,26). The van der Waals surface area contributed by atoms with Crippen LogP contribution in [0.4, 0.5) is 5.69 Å². The molecule has 0 radical (unpaired) electrons. The van der Waals surface area contributed by atoms with Gasteiger partial charge < -0.3 is 5.32 Å². The molecule has 6 nitrogen and oxygen atoms in total. The molecule has 0 aliphatic heterocycles. The average molecular weight is 349 g/mol. The monoisotopic (exact) mass is 349 g/mol. The molecule has 0 bridgehead atoms. The number of aromatic nitrogens is 4. The maximum atomic E-state index is 12.4. The van der Waals surface area contributed by atoms with Crippen LogP contribution in [0.15, 0.2) is 48.5 Å². The first-order valence-electron chi connectivity index (χ1n) is 8.81. The molecule has 26 heavy (non-hydrogen) atoms. The minimum absolute atomic E-state index is 0.0215. The number of tetrazole rings is 1. The molecule has 3 rings (SSSR count). The van der Waals surface area contributed by atoms with Crippen LogP contribution in [0.3, 0.4) is 0 Å². The molecular formula is C20H23N5O. The Bertz CT molecular complexity index is 902. The number of aryl methyl sites for hydroxylation is 1. The number of amides is 1. The third-order valence-corrected chi connectivity index (χ3v) is 4.50. The molecule has 0 aliphatic carbocycles. The lowest BCUT2D eigenvalue weighted by atomic mass is 9.97. The molecule has 0 fully saturated rings. The molecule has 1 amide bonds. The van der Waals surface area contributed by atoms with Gasteiger partial charge in [-0.3, -0.25) is 4.79 Å². The van der Waals surface area contributed by atoms with Crippen molar-refractivity contribution in [1.82, 2.24) is 20.2 Å². The molecule has 0 saturated carbocycles. The lowest BCUT2D eigenvalue weighted by Gasteiger charge is -2.15. The molecule has 3 aromatic rings. The first-order valence-corrected chi connectivity index (χ1v) is 8.81. The van der Waals surface area contributed by atoms with Gasteiger partial charge in [0.05, 0.1) is 0 Å². The number of rotatable bonds is 6. The van der Waals surface area contributed by atoms with E-state index in [0.717, 1.165) is 28.8 Å². The summed E-state index contributed by atoms with van der Waals surface area (Å²) in [5.41, 5.74) is 3.96. The normalized spacial score (nSPS) is 12.0. The first-order chi connectivity index (χ1) is 12.6. The van der Waals surface area contributed by atoms with Gasteiger partial charge in [-0.1, -0.05) is 56.3 Å². The summed E-state index contributed by atoms with van der Waals surface area (Å²) in [6, 6.07) is 15.7. The fourth-order valence-corrected chi connectivity index (χ4v) is 2.82. The van der Waals surface area contributed by atoms with Crippen LogP contribution in [0, 0.1) is 6.92 Å². The maximum Gasteiger partial charge on any atom is 0.248 e. The Kier molecular flexibility index (Phi) is 5.41. The van der Waals surface area contributed by atoms with E-state index in [4.69, 9.17) is 0 Å². The number of benzene rings is 2. The van der Waals surface area contributed by atoms with Gasteiger partial charge in [0.1, 0.15) is 6.54 Å². The molecule has 0 spiro atoms. The number of carbonyl (C=O) groups excluding carboxylic acids is 1. The highest BCUT2D eigenvalue weighted by Gasteiger charge is 2.13. The number of carbonyl (C=O) groups is 1. The summed E-state index contributed by atoms with van der Waals surface area (Å²) in [6.07, 6.45) is 1.01. The summed E-state index contributed by atoms with van der Waals surface area (Å²) in [5, 5.41) is 15.4. The molecule has 0 saturated heterocycles. The van der Waals surface area contributed by atoms with Gasteiger partial charge in [-0.2, -0.15) is 4.80 Å². The zero-order valence-electron chi connectivity index (χ0n) is 15.3. The van der Waals surface area contributed by atoms with E-state index in [1.165, 1.54) is 4.80 Å². The molecule has 0 aliphatic rings. The maximum absolute atomic E-state index is 12.4. The second kappa shape index (κ2) is 7.91. The van der Waals surface area contributed by atoms with E-state index in [-0.39, 0.29) is 12.5 Å². The molecule has 1 aromatic heterocycles. The van der Waals surface area contributed by atoms with Crippen molar-refractivity contribution in [3.05, 3.63) is 59.7 Å². The van der Waals surface area contributed by atoms with Crippen molar-refractivity contribution in [1.29, 1.82) is 0 Å². The predicted octanol–water partition coefficient (Wildman–Crippen LogP) is 3.80. The van der Waals surface area contributed by atoms with Crippen LogP contribution < -0.4 is 5.32 Å². The highest BCUT2D eigenvalue weighted by atomic mass is 16.2. The van der Waals surface area contributed by atoms with Crippen molar-refractivity contribution in [3.63, 3.8) is 0 Å². The van der Waals surface area contributed by atoms with E-state index in [2.05, 4.69) is 34.6 Å². The Morgan fingerprint density at radius 1 is 1.15 bits per heavy atom. The van der Waals surface area contributed by atoms with Crippen LogP contribution in [0.1, 0.15) is 37.3 Å². The summed E-state index contributed by atoms with van der Waals surface area (Å²) in [6.45, 7) is 6.30. The van der Waals surface area contributed by atoms with Gasteiger partial charge in [-0.05, 0) is 41.7 Å². The molecule has 134 valence electrons. The number of hydrogen-bond donors (Lipinski definition) is 1. The Balaban J connectivity index is 1.71. The van der Waals surface area contributed by atoms with E-state index in [9.17, 15) is 4.79 Å². The summed E-state index contributed by atoms with van der Waals surface area (Å²) in [5.74, 6) is 0.731. The largest absolute Gasteiger partial charge is 0.324 e. The second-order valence-electron chi connectivity index (χ2n) is 6.40. The fraction of sp³-hybridized carbons (Fsp3) is 0.300. The first kappa shape index (κ1) is 17.8. The topological polar surface area (TPSA) is 72.7 Å². The summed E-state index contributed by atoms with van der Waals surface area (Å²) >= 11 is 0. The Morgan fingerprint density at radius 2 is 1.88 bits per heavy atom. The van der Waals surface area contributed by atoms with Crippen molar-refractivity contribution in [2.75, 3.05) is 5.32 Å². The Morgan fingerprint density at radius 3 is 2.65 bits per heavy atom. The van der Waals surface area contributed by atoms with Crippen LogP contribution in [-0.2, 0) is 11.3 Å². The molecule has 6 heteroatoms. The molecule has 1 heterocycles. The summed E-state index contributed by atoms with van der Waals surface area (Å²) < 4.78 is 0. The number of para-hydroxylation sites is 1. The van der Waals surface area contributed by atoms with E-state index < -0.39 is 0 Å². The number of anilines is 1. The van der Waals surface area contributed by atoms with Gasteiger partial charge >= 0.3 is 0 Å². The van der Waals surface area contributed by atoms with Gasteiger partial charge in [0, 0.05) is 11.3 Å². The zero-order chi connectivity index (χ0) is 18.5. The van der Waals surface area contributed by atoms with Crippen LogP contribution in [-0.4, -0.2) is 26.1 Å². The SMILES string of the molecule is CCC(C)c1ccccc1NC(=O)Cn1nnc(-c2ccccc2C)n1. The van der Waals surface area contributed by atoms with Gasteiger partial charge in [-0.25, -0.2) is 0 Å². The summed E-state index contributed by atoms with van der Waals surface area (Å²) in [7, 11) is 0. The van der Waals surface area contributed by atoms with Crippen molar-refractivity contribution in [2.24, 2.45) is 0 Å². The van der Waals surface area contributed by atoms with Crippen LogP contribution in [0.25, 0.3) is 11.4 Å². The minimum atomic E-state index is -0.172. The van der Waals surface area contributed by atoms with Gasteiger partial charge in [-0.15, -0.1) is 10.2 Å². The average Bonchev–Trinajstić information content (AvgIpc) is 3.10. The number of nitrogens with one attached hydrogen (secondary N) is 1. The van der Waals surface area contributed by atoms with Crippen molar-refractivity contribution in [3.8, 4) is 11.4 Å². The minimum Gasteiger partial charge on any atom is -0.324 e. The Hall–Kier alpha value is -3.02. The molecule has 1 unspecified atom stereocenters. The fourth-order valence-electron chi connectivity index (χ4n) is 2.82. The van der Waals surface area contributed by atoms with Crippen LogP contribution in [0.2, 0.25) is 0 Å². The van der Waals surface area contributed by atoms with Crippen molar-refractivity contribution >= 4 is 11.6 Å². The van der Waals surface area contributed by atoms with E-state index in [1.807, 2.05) is 55.5 Å². The smallest absolute Gasteiger partial charge is 0.248 e. The quantitative estimate of drug-likeness (QED) is 0.734. The molecule has 1 atom stereocenters. The van der Waals surface area contributed by atoms with Gasteiger partial charge in [0.15, 0.2) is 0 Å². The van der Waals surface area contributed by atoms with E-state index in [1.54, 1.807) is 0 Å². The van der Waals surface area contributed by atoms with E-state index in [0.29, 0.717) is 11.7 Å². The van der Waals surface area contributed by atoms with E-state index >= 15 is 0 Å². The predicted molar refractivity (Wildman–Crippen MR) is 102 cm³/mol. The zero-order valence-corrected chi connectivity index (χ0v) is 15.3. The van der Waals surface area contributed by atoms with Crippen LogP contribution in [0.5, 0.6) is 0 Å². The highest BCUT2D eigenvalue weighted by Crippen LogP contribution is 2.26. The Labute approximate surface area is 153 Å². The molecule has 1 N–H and O–H groups in total. The van der Waals surface area contributed by atoms with Gasteiger partial charge in [0.25, 0.3) is 0 Å². The third-order valence-electron chi connectivity index (χ3n) is 4.50. The van der Waals surface area contributed by atoms with Gasteiger partial charge in [0.2, 0.25) is 11.7 Å². The van der Waals surface area contributed by atoms with Crippen molar-refractivity contribution in [2.45, 2.75) is 39.7 Å².